The monoisotopic (exact) mass is 340 g/mol. The van der Waals surface area contributed by atoms with Gasteiger partial charge >= 0.3 is 0 Å². The van der Waals surface area contributed by atoms with E-state index in [1.807, 2.05) is 0 Å². The van der Waals surface area contributed by atoms with Crippen LogP contribution in [-0.2, 0) is 11.3 Å². The molecule has 3 nitrogen and oxygen atoms in total. The standard InChI is InChI=1S/C16H25BrN2O/c1-12(2)9-18-10-14-4-5-15(17)8-16(14)19-6-7-20-13(3)11-19/h4-5,8,12-13,18H,6-7,9-11H2,1-3H3. The number of morpholine rings is 1. The van der Waals surface area contributed by atoms with Gasteiger partial charge in [-0.05, 0) is 37.1 Å². The summed E-state index contributed by atoms with van der Waals surface area (Å²) in [5.74, 6) is 0.678. The van der Waals surface area contributed by atoms with Crippen molar-refractivity contribution in [3.8, 4) is 0 Å². The number of ether oxygens (including phenoxy) is 1. The second-order valence-electron chi connectivity index (χ2n) is 5.93. The quantitative estimate of drug-likeness (QED) is 0.888. The maximum absolute atomic E-state index is 5.64. The van der Waals surface area contributed by atoms with E-state index in [0.717, 1.165) is 37.3 Å². The van der Waals surface area contributed by atoms with Crippen molar-refractivity contribution in [3.63, 3.8) is 0 Å². The third-order valence-electron chi connectivity index (χ3n) is 3.50. The van der Waals surface area contributed by atoms with Crippen molar-refractivity contribution in [2.75, 3.05) is 31.1 Å². The van der Waals surface area contributed by atoms with Crippen LogP contribution in [0.4, 0.5) is 5.69 Å². The minimum atomic E-state index is 0.305. The van der Waals surface area contributed by atoms with Crippen LogP contribution in [0.5, 0.6) is 0 Å². The molecule has 1 saturated heterocycles. The van der Waals surface area contributed by atoms with E-state index < -0.39 is 0 Å². The zero-order chi connectivity index (χ0) is 14.5. The average molecular weight is 341 g/mol. The average Bonchev–Trinajstić information content (AvgIpc) is 2.40. The Morgan fingerprint density at radius 2 is 2.25 bits per heavy atom. The maximum atomic E-state index is 5.64. The predicted molar refractivity (Wildman–Crippen MR) is 88.3 cm³/mol. The van der Waals surface area contributed by atoms with Crippen LogP contribution in [-0.4, -0.2) is 32.3 Å². The van der Waals surface area contributed by atoms with E-state index in [9.17, 15) is 0 Å². The molecule has 1 aliphatic heterocycles. The summed E-state index contributed by atoms with van der Waals surface area (Å²) in [4.78, 5) is 2.44. The summed E-state index contributed by atoms with van der Waals surface area (Å²) in [7, 11) is 0. The lowest BCUT2D eigenvalue weighted by Crippen LogP contribution is -2.41. The number of hydrogen-bond donors (Lipinski definition) is 1. The molecule has 1 heterocycles. The van der Waals surface area contributed by atoms with E-state index in [4.69, 9.17) is 4.74 Å². The summed E-state index contributed by atoms with van der Waals surface area (Å²) in [6.07, 6.45) is 0.305. The van der Waals surface area contributed by atoms with Crippen molar-refractivity contribution in [1.29, 1.82) is 0 Å². The molecule has 1 aromatic rings. The van der Waals surface area contributed by atoms with Crippen molar-refractivity contribution in [3.05, 3.63) is 28.2 Å². The van der Waals surface area contributed by atoms with E-state index in [2.05, 4.69) is 65.1 Å². The maximum Gasteiger partial charge on any atom is 0.0722 e. The van der Waals surface area contributed by atoms with Gasteiger partial charge in [0.1, 0.15) is 0 Å². The Kier molecular flexibility index (Phi) is 5.87. The molecule has 1 unspecified atom stereocenters. The van der Waals surface area contributed by atoms with Crippen molar-refractivity contribution in [2.24, 2.45) is 5.92 Å². The minimum absolute atomic E-state index is 0.305. The Morgan fingerprint density at radius 3 is 2.95 bits per heavy atom. The van der Waals surface area contributed by atoms with E-state index >= 15 is 0 Å². The molecule has 4 heteroatoms. The summed E-state index contributed by atoms with van der Waals surface area (Å²) in [5, 5.41) is 3.54. The molecule has 0 radical (unpaired) electrons. The van der Waals surface area contributed by atoms with Gasteiger partial charge in [-0.1, -0.05) is 35.8 Å². The van der Waals surface area contributed by atoms with Gasteiger partial charge in [0.25, 0.3) is 0 Å². The molecular formula is C16H25BrN2O. The van der Waals surface area contributed by atoms with Crippen LogP contribution in [0, 0.1) is 5.92 Å². The van der Waals surface area contributed by atoms with E-state index in [1.165, 1.54) is 11.3 Å². The largest absolute Gasteiger partial charge is 0.375 e. The van der Waals surface area contributed by atoms with Gasteiger partial charge in [0.2, 0.25) is 0 Å². The lowest BCUT2D eigenvalue weighted by molar-refractivity contribution is 0.0531. The molecule has 1 fully saturated rings. The molecule has 0 saturated carbocycles. The van der Waals surface area contributed by atoms with Crippen molar-refractivity contribution in [2.45, 2.75) is 33.4 Å². The van der Waals surface area contributed by atoms with Crippen molar-refractivity contribution < 1.29 is 4.74 Å². The molecule has 1 aliphatic rings. The first-order valence-corrected chi connectivity index (χ1v) is 8.21. The van der Waals surface area contributed by atoms with Gasteiger partial charge in [0.15, 0.2) is 0 Å². The summed E-state index contributed by atoms with van der Waals surface area (Å²) in [6, 6.07) is 6.57. The normalized spacial score (nSPS) is 19.6. The Morgan fingerprint density at radius 1 is 1.45 bits per heavy atom. The molecule has 112 valence electrons. The molecule has 20 heavy (non-hydrogen) atoms. The van der Waals surface area contributed by atoms with E-state index in [1.54, 1.807) is 0 Å². The number of hydrogen-bond acceptors (Lipinski definition) is 3. The zero-order valence-electron chi connectivity index (χ0n) is 12.7. The molecule has 0 bridgehead atoms. The highest BCUT2D eigenvalue weighted by molar-refractivity contribution is 9.10. The molecule has 1 N–H and O–H groups in total. The van der Waals surface area contributed by atoms with Crippen LogP contribution in [0.3, 0.4) is 0 Å². The zero-order valence-corrected chi connectivity index (χ0v) is 14.2. The van der Waals surface area contributed by atoms with Gasteiger partial charge in [-0.25, -0.2) is 0 Å². The van der Waals surface area contributed by atoms with Gasteiger partial charge in [0.05, 0.1) is 12.7 Å². The number of halogens is 1. The SMILES string of the molecule is CC(C)CNCc1ccc(Br)cc1N1CCOC(C)C1. The second kappa shape index (κ2) is 7.43. The van der Waals surface area contributed by atoms with Gasteiger partial charge in [-0.15, -0.1) is 0 Å². The fourth-order valence-electron chi connectivity index (χ4n) is 2.51. The second-order valence-corrected chi connectivity index (χ2v) is 6.84. The Balaban J connectivity index is 2.10. The molecular weight excluding hydrogens is 316 g/mol. The number of nitrogens with one attached hydrogen (secondary N) is 1. The number of anilines is 1. The van der Waals surface area contributed by atoms with Crippen LogP contribution >= 0.6 is 15.9 Å². The van der Waals surface area contributed by atoms with Crippen LogP contribution in [0.1, 0.15) is 26.3 Å². The Hall–Kier alpha value is -0.580. The van der Waals surface area contributed by atoms with Gasteiger partial charge in [0, 0.05) is 29.8 Å². The van der Waals surface area contributed by atoms with E-state index in [0.29, 0.717) is 12.0 Å². The molecule has 0 spiro atoms. The Bertz CT molecular complexity index is 436. The smallest absolute Gasteiger partial charge is 0.0722 e. The third-order valence-corrected chi connectivity index (χ3v) is 3.99. The van der Waals surface area contributed by atoms with Crippen LogP contribution in [0.15, 0.2) is 22.7 Å². The highest BCUT2D eigenvalue weighted by Crippen LogP contribution is 2.27. The molecule has 1 aromatic carbocycles. The molecule has 0 aromatic heterocycles. The lowest BCUT2D eigenvalue weighted by Gasteiger charge is -2.34. The van der Waals surface area contributed by atoms with E-state index in [-0.39, 0.29) is 0 Å². The van der Waals surface area contributed by atoms with Gasteiger partial charge in [-0.3, -0.25) is 0 Å². The number of rotatable bonds is 5. The topological polar surface area (TPSA) is 24.5 Å². The van der Waals surface area contributed by atoms with Crippen LogP contribution in [0.2, 0.25) is 0 Å². The van der Waals surface area contributed by atoms with Crippen LogP contribution < -0.4 is 10.2 Å². The van der Waals surface area contributed by atoms with Crippen molar-refractivity contribution in [1.82, 2.24) is 5.32 Å². The predicted octanol–water partition coefficient (Wildman–Crippen LogP) is 3.42. The first-order chi connectivity index (χ1) is 9.56. The number of nitrogens with zero attached hydrogens (tertiary/aromatic N) is 1. The first-order valence-electron chi connectivity index (χ1n) is 7.42. The molecule has 1 atom stereocenters. The molecule has 0 amide bonds. The first kappa shape index (κ1) is 15.8. The molecule has 2 rings (SSSR count). The minimum Gasteiger partial charge on any atom is -0.375 e. The third kappa shape index (κ3) is 4.47. The number of benzene rings is 1. The fraction of sp³-hybridized carbons (Fsp3) is 0.625. The summed E-state index contributed by atoms with van der Waals surface area (Å²) >= 11 is 3.59. The highest BCUT2D eigenvalue weighted by atomic mass is 79.9. The highest BCUT2D eigenvalue weighted by Gasteiger charge is 2.19. The summed E-state index contributed by atoms with van der Waals surface area (Å²) < 4.78 is 6.78. The van der Waals surface area contributed by atoms with Gasteiger partial charge < -0.3 is 15.0 Å². The van der Waals surface area contributed by atoms with Crippen molar-refractivity contribution >= 4 is 21.6 Å². The molecule has 0 aliphatic carbocycles. The van der Waals surface area contributed by atoms with Crippen LogP contribution in [0.25, 0.3) is 0 Å². The Labute approximate surface area is 130 Å². The fourth-order valence-corrected chi connectivity index (χ4v) is 2.86. The summed E-state index contributed by atoms with van der Waals surface area (Å²) in [6.45, 7) is 11.3. The van der Waals surface area contributed by atoms with Gasteiger partial charge in [-0.2, -0.15) is 0 Å². The lowest BCUT2D eigenvalue weighted by atomic mass is 10.1. The summed E-state index contributed by atoms with van der Waals surface area (Å²) in [5.41, 5.74) is 2.69.